The van der Waals surface area contributed by atoms with Crippen molar-refractivity contribution in [3.8, 4) is 5.75 Å². The van der Waals surface area contributed by atoms with E-state index >= 15 is 0 Å². The first-order chi connectivity index (χ1) is 10.9. The number of benzene rings is 2. The zero-order valence-electron chi connectivity index (χ0n) is 13.9. The molecule has 1 unspecified atom stereocenters. The third-order valence-corrected chi connectivity index (χ3v) is 3.99. The van der Waals surface area contributed by atoms with Gasteiger partial charge in [0.2, 0.25) is 5.91 Å². The monoisotopic (exact) mass is 315 g/mol. The van der Waals surface area contributed by atoms with Crippen LogP contribution in [0.3, 0.4) is 0 Å². The minimum atomic E-state index is -0.430. The number of carbonyl (C=O) groups excluding carboxylic acids is 1. The quantitative estimate of drug-likeness (QED) is 0.909. The van der Waals surface area contributed by atoms with Gasteiger partial charge in [0.25, 0.3) is 0 Å². The van der Waals surface area contributed by atoms with Crippen molar-refractivity contribution in [2.45, 2.75) is 33.2 Å². The van der Waals surface area contributed by atoms with Gasteiger partial charge in [-0.1, -0.05) is 24.3 Å². The summed E-state index contributed by atoms with van der Waals surface area (Å²) in [5.41, 5.74) is 4.05. The minimum Gasteiger partial charge on any atom is -0.494 e. The maximum Gasteiger partial charge on any atom is 0.224 e. The summed E-state index contributed by atoms with van der Waals surface area (Å²) in [6.45, 7) is 5.90. The van der Waals surface area contributed by atoms with Crippen LogP contribution < -0.4 is 10.1 Å². The van der Waals surface area contributed by atoms with E-state index in [9.17, 15) is 9.18 Å². The Kier molecular flexibility index (Phi) is 5.37. The number of rotatable bonds is 5. The van der Waals surface area contributed by atoms with Gasteiger partial charge in [-0.25, -0.2) is 4.39 Å². The number of ether oxygens (including phenoxy) is 1. The summed E-state index contributed by atoms with van der Waals surface area (Å²) in [7, 11) is 1.42. The van der Waals surface area contributed by atoms with Crippen molar-refractivity contribution in [1.82, 2.24) is 5.32 Å². The van der Waals surface area contributed by atoms with E-state index in [0.29, 0.717) is 12.0 Å². The van der Waals surface area contributed by atoms with Crippen LogP contribution in [-0.4, -0.2) is 13.0 Å². The van der Waals surface area contributed by atoms with E-state index in [1.54, 1.807) is 12.1 Å². The van der Waals surface area contributed by atoms with Gasteiger partial charge in [0, 0.05) is 0 Å². The highest BCUT2D eigenvalue weighted by molar-refractivity contribution is 5.79. The van der Waals surface area contributed by atoms with Crippen molar-refractivity contribution < 1.29 is 13.9 Å². The van der Waals surface area contributed by atoms with E-state index in [2.05, 4.69) is 5.32 Å². The first-order valence-electron chi connectivity index (χ1n) is 7.59. The Morgan fingerprint density at radius 2 is 1.91 bits per heavy atom. The van der Waals surface area contributed by atoms with E-state index < -0.39 is 5.82 Å². The molecule has 0 saturated heterocycles. The molecule has 2 aromatic carbocycles. The van der Waals surface area contributed by atoms with Crippen LogP contribution in [0.5, 0.6) is 5.75 Å². The Bertz CT molecular complexity index is 713. The van der Waals surface area contributed by atoms with Crippen LogP contribution in [0, 0.1) is 19.7 Å². The fraction of sp³-hybridized carbons (Fsp3) is 0.316. The molecule has 2 rings (SSSR count). The van der Waals surface area contributed by atoms with E-state index in [0.717, 1.165) is 5.56 Å². The Morgan fingerprint density at radius 3 is 2.52 bits per heavy atom. The average Bonchev–Trinajstić information content (AvgIpc) is 2.50. The predicted octanol–water partition coefficient (Wildman–Crippen LogP) is 3.87. The van der Waals surface area contributed by atoms with Crippen molar-refractivity contribution in [1.29, 1.82) is 0 Å². The summed E-state index contributed by atoms with van der Waals surface area (Å²) in [4.78, 5) is 12.2. The third kappa shape index (κ3) is 4.31. The first-order valence-corrected chi connectivity index (χ1v) is 7.59. The fourth-order valence-corrected chi connectivity index (χ4v) is 2.43. The largest absolute Gasteiger partial charge is 0.494 e. The second-order valence-corrected chi connectivity index (χ2v) is 5.78. The van der Waals surface area contributed by atoms with Gasteiger partial charge in [0.1, 0.15) is 0 Å². The lowest BCUT2D eigenvalue weighted by atomic mass is 10.0. The molecule has 0 radical (unpaired) electrons. The van der Waals surface area contributed by atoms with Crippen molar-refractivity contribution in [2.75, 3.05) is 7.11 Å². The van der Waals surface area contributed by atoms with Gasteiger partial charge in [-0.2, -0.15) is 0 Å². The van der Waals surface area contributed by atoms with Gasteiger partial charge in [0.05, 0.1) is 19.6 Å². The standard InChI is InChI=1S/C19H22FNO2/c1-12-5-6-15(9-13(12)2)10-19(22)21-14(3)16-7-8-18(23-4)17(20)11-16/h5-9,11,14H,10H2,1-4H3,(H,21,22). The molecule has 4 heteroatoms. The normalized spacial score (nSPS) is 11.9. The average molecular weight is 315 g/mol. The summed E-state index contributed by atoms with van der Waals surface area (Å²) in [5, 5.41) is 2.90. The van der Waals surface area contributed by atoms with Gasteiger partial charge in [0.15, 0.2) is 11.6 Å². The Hall–Kier alpha value is -2.36. The molecule has 0 aliphatic carbocycles. The molecule has 3 nitrogen and oxygen atoms in total. The van der Waals surface area contributed by atoms with Gasteiger partial charge in [-0.3, -0.25) is 4.79 Å². The number of amides is 1. The number of hydrogen-bond acceptors (Lipinski definition) is 2. The van der Waals surface area contributed by atoms with Crippen LogP contribution in [0.2, 0.25) is 0 Å². The minimum absolute atomic E-state index is 0.0861. The number of nitrogens with one attached hydrogen (secondary N) is 1. The van der Waals surface area contributed by atoms with Crippen LogP contribution in [0.4, 0.5) is 4.39 Å². The van der Waals surface area contributed by atoms with E-state index in [1.165, 1.54) is 24.3 Å². The van der Waals surface area contributed by atoms with Gasteiger partial charge in [-0.05, 0) is 55.2 Å². The number of aryl methyl sites for hydroxylation is 2. The van der Waals surface area contributed by atoms with Crippen molar-refractivity contribution in [3.05, 3.63) is 64.5 Å². The molecule has 0 aromatic heterocycles. The molecule has 0 heterocycles. The molecule has 122 valence electrons. The fourth-order valence-electron chi connectivity index (χ4n) is 2.43. The maximum absolute atomic E-state index is 13.7. The summed E-state index contributed by atoms with van der Waals surface area (Å²) in [5.74, 6) is -0.320. The van der Waals surface area contributed by atoms with Crippen LogP contribution in [0.25, 0.3) is 0 Å². The number of hydrogen-bond donors (Lipinski definition) is 1. The van der Waals surface area contributed by atoms with Crippen molar-refractivity contribution in [3.63, 3.8) is 0 Å². The number of halogens is 1. The van der Waals surface area contributed by atoms with Crippen molar-refractivity contribution in [2.24, 2.45) is 0 Å². The number of carbonyl (C=O) groups is 1. The van der Waals surface area contributed by atoms with Gasteiger partial charge < -0.3 is 10.1 Å². The molecule has 0 saturated carbocycles. The highest BCUT2D eigenvalue weighted by Crippen LogP contribution is 2.21. The molecule has 0 aliphatic rings. The van der Waals surface area contributed by atoms with Crippen LogP contribution in [0.1, 0.15) is 35.2 Å². The zero-order valence-corrected chi connectivity index (χ0v) is 13.9. The molecule has 0 aliphatic heterocycles. The molecular formula is C19H22FNO2. The van der Waals surface area contributed by atoms with Crippen LogP contribution >= 0.6 is 0 Å². The molecular weight excluding hydrogens is 293 g/mol. The second-order valence-electron chi connectivity index (χ2n) is 5.78. The summed E-state index contributed by atoms with van der Waals surface area (Å²) < 4.78 is 18.6. The van der Waals surface area contributed by atoms with E-state index in [4.69, 9.17) is 4.74 Å². The summed E-state index contributed by atoms with van der Waals surface area (Å²) in [6.07, 6.45) is 0.310. The predicted molar refractivity (Wildman–Crippen MR) is 89.1 cm³/mol. The SMILES string of the molecule is COc1ccc(C(C)NC(=O)Cc2ccc(C)c(C)c2)cc1F. The lowest BCUT2D eigenvalue weighted by Crippen LogP contribution is -2.28. The van der Waals surface area contributed by atoms with E-state index in [1.807, 2.05) is 39.0 Å². The van der Waals surface area contributed by atoms with Gasteiger partial charge in [-0.15, -0.1) is 0 Å². The molecule has 1 atom stereocenters. The molecule has 23 heavy (non-hydrogen) atoms. The highest BCUT2D eigenvalue weighted by atomic mass is 19.1. The zero-order chi connectivity index (χ0) is 17.0. The smallest absolute Gasteiger partial charge is 0.224 e. The molecule has 1 N–H and O–H groups in total. The highest BCUT2D eigenvalue weighted by Gasteiger charge is 2.13. The Balaban J connectivity index is 2.01. The van der Waals surface area contributed by atoms with Gasteiger partial charge >= 0.3 is 0 Å². The lowest BCUT2D eigenvalue weighted by molar-refractivity contribution is -0.121. The third-order valence-electron chi connectivity index (χ3n) is 3.99. The molecule has 0 spiro atoms. The first kappa shape index (κ1) is 17.0. The lowest BCUT2D eigenvalue weighted by Gasteiger charge is -2.15. The molecule has 2 aromatic rings. The van der Waals surface area contributed by atoms with Crippen molar-refractivity contribution >= 4 is 5.91 Å². The number of methoxy groups -OCH3 is 1. The topological polar surface area (TPSA) is 38.3 Å². The Labute approximate surface area is 136 Å². The molecule has 1 amide bonds. The molecule has 0 bridgehead atoms. The van der Waals surface area contributed by atoms with Crippen LogP contribution in [-0.2, 0) is 11.2 Å². The Morgan fingerprint density at radius 1 is 1.17 bits per heavy atom. The van der Waals surface area contributed by atoms with Crippen LogP contribution in [0.15, 0.2) is 36.4 Å². The summed E-state index contributed by atoms with van der Waals surface area (Å²) >= 11 is 0. The molecule has 0 fully saturated rings. The van der Waals surface area contributed by atoms with E-state index in [-0.39, 0.29) is 17.7 Å². The summed E-state index contributed by atoms with van der Waals surface area (Å²) in [6, 6.07) is 10.4. The maximum atomic E-state index is 13.7. The second kappa shape index (κ2) is 7.27.